The standard InChI is InChI=1S/C15H24N2O2/c1-2-13(16-6-3-8-18)10-12-4-5-15-14(11-12)17-7-9-19-15/h4-5,11,13,16-18H,2-3,6-10H2,1H3. The summed E-state index contributed by atoms with van der Waals surface area (Å²) in [7, 11) is 0. The van der Waals surface area contributed by atoms with E-state index in [0.717, 1.165) is 50.4 Å². The molecule has 1 aromatic rings. The smallest absolute Gasteiger partial charge is 0.142 e. The summed E-state index contributed by atoms with van der Waals surface area (Å²) in [6, 6.07) is 6.85. The molecule has 4 nitrogen and oxygen atoms in total. The van der Waals surface area contributed by atoms with Gasteiger partial charge in [0.25, 0.3) is 0 Å². The van der Waals surface area contributed by atoms with Crippen LogP contribution in [0.4, 0.5) is 5.69 Å². The average Bonchev–Trinajstić information content (AvgIpc) is 2.46. The van der Waals surface area contributed by atoms with Crippen LogP contribution in [0.2, 0.25) is 0 Å². The molecule has 4 heteroatoms. The first-order valence-corrected chi connectivity index (χ1v) is 7.17. The Kier molecular flexibility index (Phi) is 5.48. The highest BCUT2D eigenvalue weighted by Gasteiger charge is 2.12. The van der Waals surface area contributed by atoms with E-state index in [4.69, 9.17) is 9.84 Å². The van der Waals surface area contributed by atoms with Crippen molar-refractivity contribution in [1.82, 2.24) is 5.32 Å². The largest absolute Gasteiger partial charge is 0.490 e. The van der Waals surface area contributed by atoms with Gasteiger partial charge in [-0.2, -0.15) is 0 Å². The fraction of sp³-hybridized carbons (Fsp3) is 0.600. The number of hydrogen-bond donors (Lipinski definition) is 3. The first-order valence-electron chi connectivity index (χ1n) is 7.17. The molecular formula is C15H24N2O2. The third kappa shape index (κ3) is 4.11. The molecule has 0 aromatic heterocycles. The summed E-state index contributed by atoms with van der Waals surface area (Å²) in [4.78, 5) is 0. The normalized spacial score (nSPS) is 15.3. The highest BCUT2D eigenvalue weighted by Crippen LogP contribution is 2.28. The van der Waals surface area contributed by atoms with Crippen molar-refractivity contribution in [1.29, 1.82) is 0 Å². The Morgan fingerprint density at radius 1 is 1.47 bits per heavy atom. The average molecular weight is 264 g/mol. The Bertz CT molecular complexity index is 396. The van der Waals surface area contributed by atoms with Crippen molar-refractivity contribution in [3.05, 3.63) is 23.8 Å². The van der Waals surface area contributed by atoms with Crippen LogP contribution in [0, 0.1) is 0 Å². The van der Waals surface area contributed by atoms with Gasteiger partial charge < -0.3 is 20.5 Å². The summed E-state index contributed by atoms with van der Waals surface area (Å²) in [5, 5.41) is 15.7. The zero-order chi connectivity index (χ0) is 13.5. The molecule has 2 rings (SSSR count). The number of fused-ring (bicyclic) bond motifs is 1. The van der Waals surface area contributed by atoms with Crippen molar-refractivity contribution in [3.63, 3.8) is 0 Å². The Balaban J connectivity index is 1.93. The molecule has 1 atom stereocenters. The number of aliphatic hydroxyl groups excluding tert-OH is 1. The van der Waals surface area contributed by atoms with Crippen molar-refractivity contribution in [2.75, 3.05) is 31.6 Å². The topological polar surface area (TPSA) is 53.5 Å². The summed E-state index contributed by atoms with van der Waals surface area (Å²) >= 11 is 0. The maximum atomic E-state index is 8.81. The van der Waals surface area contributed by atoms with Crippen molar-refractivity contribution >= 4 is 5.69 Å². The predicted molar refractivity (Wildman–Crippen MR) is 77.9 cm³/mol. The molecule has 0 saturated heterocycles. The molecule has 0 bridgehead atoms. The lowest BCUT2D eigenvalue weighted by Gasteiger charge is -2.21. The van der Waals surface area contributed by atoms with Gasteiger partial charge in [0.15, 0.2) is 0 Å². The summed E-state index contributed by atoms with van der Waals surface area (Å²) < 4.78 is 5.58. The van der Waals surface area contributed by atoms with Crippen molar-refractivity contribution < 1.29 is 9.84 Å². The van der Waals surface area contributed by atoms with Gasteiger partial charge in [-0.1, -0.05) is 13.0 Å². The second-order valence-corrected chi connectivity index (χ2v) is 4.95. The van der Waals surface area contributed by atoms with Gasteiger partial charge in [0.2, 0.25) is 0 Å². The highest BCUT2D eigenvalue weighted by molar-refractivity contribution is 5.59. The third-order valence-electron chi connectivity index (χ3n) is 3.46. The lowest BCUT2D eigenvalue weighted by Crippen LogP contribution is -2.31. The van der Waals surface area contributed by atoms with E-state index in [1.807, 2.05) is 0 Å². The van der Waals surface area contributed by atoms with Crippen LogP contribution in [-0.2, 0) is 6.42 Å². The minimum Gasteiger partial charge on any atom is -0.490 e. The molecule has 19 heavy (non-hydrogen) atoms. The molecule has 0 spiro atoms. The van der Waals surface area contributed by atoms with Crippen LogP contribution in [-0.4, -0.2) is 37.5 Å². The van der Waals surface area contributed by atoms with Crippen LogP contribution in [0.1, 0.15) is 25.3 Å². The second kappa shape index (κ2) is 7.36. The van der Waals surface area contributed by atoms with E-state index in [1.54, 1.807) is 0 Å². The van der Waals surface area contributed by atoms with Gasteiger partial charge in [-0.15, -0.1) is 0 Å². The minimum absolute atomic E-state index is 0.254. The fourth-order valence-corrected chi connectivity index (χ4v) is 2.35. The maximum absolute atomic E-state index is 8.81. The molecule has 0 amide bonds. The number of aliphatic hydroxyl groups is 1. The Labute approximate surface area is 115 Å². The second-order valence-electron chi connectivity index (χ2n) is 4.95. The third-order valence-corrected chi connectivity index (χ3v) is 3.46. The van der Waals surface area contributed by atoms with Gasteiger partial charge in [0.05, 0.1) is 5.69 Å². The van der Waals surface area contributed by atoms with Crippen molar-refractivity contribution in [2.45, 2.75) is 32.2 Å². The van der Waals surface area contributed by atoms with Crippen LogP contribution in [0.15, 0.2) is 18.2 Å². The SMILES string of the molecule is CCC(Cc1ccc2c(c1)NCCO2)NCCCO. The van der Waals surface area contributed by atoms with Gasteiger partial charge in [-0.25, -0.2) is 0 Å². The Hall–Kier alpha value is -1.26. The molecular weight excluding hydrogens is 240 g/mol. The van der Waals surface area contributed by atoms with Gasteiger partial charge >= 0.3 is 0 Å². The van der Waals surface area contributed by atoms with E-state index in [1.165, 1.54) is 5.56 Å². The number of nitrogens with one attached hydrogen (secondary N) is 2. The molecule has 0 fully saturated rings. The van der Waals surface area contributed by atoms with E-state index in [9.17, 15) is 0 Å². The van der Waals surface area contributed by atoms with E-state index >= 15 is 0 Å². The molecule has 106 valence electrons. The number of benzene rings is 1. The van der Waals surface area contributed by atoms with Crippen LogP contribution in [0.5, 0.6) is 5.75 Å². The fourth-order valence-electron chi connectivity index (χ4n) is 2.35. The van der Waals surface area contributed by atoms with Gasteiger partial charge in [0, 0.05) is 19.2 Å². The molecule has 1 heterocycles. The molecule has 1 aliphatic heterocycles. The lowest BCUT2D eigenvalue weighted by molar-refractivity contribution is 0.282. The monoisotopic (exact) mass is 264 g/mol. The first-order chi connectivity index (χ1) is 9.33. The number of rotatable bonds is 7. The van der Waals surface area contributed by atoms with Gasteiger partial charge in [-0.05, 0) is 43.5 Å². The number of hydrogen-bond acceptors (Lipinski definition) is 4. The van der Waals surface area contributed by atoms with E-state index in [0.29, 0.717) is 6.04 Å². The molecule has 1 aliphatic rings. The van der Waals surface area contributed by atoms with Crippen LogP contribution in [0.3, 0.4) is 0 Å². The first kappa shape index (κ1) is 14.2. The molecule has 0 aliphatic carbocycles. The van der Waals surface area contributed by atoms with E-state index in [-0.39, 0.29) is 6.61 Å². The van der Waals surface area contributed by atoms with Crippen LogP contribution in [0.25, 0.3) is 0 Å². The number of ether oxygens (including phenoxy) is 1. The van der Waals surface area contributed by atoms with Crippen molar-refractivity contribution in [2.24, 2.45) is 0 Å². The lowest BCUT2D eigenvalue weighted by atomic mass is 10.0. The van der Waals surface area contributed by atoms with Gasteiger partial charge in [-0.3, -0.25) is 0 Å². The molecule has 1 aromatic carbocycles. The zero-order valence-electron chi connectivity index (χ0n) is 11.6. The molecule has 0 radical (unpaired) electrons. The number of anilines is 1. The quantitative estimate of drug-likeness (QED) is 0.657. The minimum atomic E-state index is 0.254. The highest BCUT2D eigenvalue weighted by atomic mass is 16.5. The maximum Gasteiger partial charge on any atom is 0.142 e. The summed E-state index contributed by atoms with van der Waals surface area (Å²) in [5.41, 5.74) is 2.43. The molecule has 3 N–H and O–H groups in total. The summed E-state index contributed by atoms with van der Waals surface area (Å²) in [6.45, 7) is 4.94. The van der Waals surface area contributed by atoms with E-state index in [2.05, 4.69) is 35.8 Å². The van der Waals surface area contributed by atoms with Crippen LogP contribution < -0.4 is 15.4 Å². The Morgan fingerprint density at radius 3 is 3.16 bits per heavy atom. The molecule has 1 unspecified atom stereocenters. The summed E-state index contributed by atoms with van der Waals surface area (Å²) in [5.74, 6) is 0.955. The van der Waals surface area contributed by atoms with Crippen LogP contribution >= 0.6 is 0 Å². The molecule has 0 saturated carbocycles. The van der Waals surface area contributed by atoms with Gasteiger partial charge in [0.1, 0.15) is 12.4 Å². The van der Waals surface area contributed by atoms with E-state index < -0.39 is 0 Å². The van der Waals surface area contributed by atoms with Crippen molar-refractivity contribution in [3.8, 4) is 5.75 Å². The summed E-state index contributed by atoms with van der Waals surface area (Å²) in [6.07, 6.45) is 2.92. The predicted octanol–water partition coefficient (Wildman–Crippen LogP) is 1.78. The zero-order valence-corrected chi connectivity index (χ0v) is 11.6. The Morgan fingerprint density at radius 2 is 2.37 bits per heavy atom.